The molecule has 0 radical (unpaired) electrons. The van der Waals surface area contributed by atoms with Crippen LogP contribution >= 0.6 is 0 Å². The number of halogens is 6. The minimum absolute atomic E-state index is 0.0884. The van der Waals surface area contributed by atoms with Gasteiger partial charge < -0.3 is 58.6 Å². The topological polar surface area (TPSA) is 174 Å². The highest BCUT2D eigenvalue weighted by Crippen LogP contribution is 2.41. The van der Waals surface area contributed by atoms with Crippen LogP contribution in [0.15, 0.2) is 72.8 Å². The number of fused-ring (bicyclic) bond motifs is 1. The third-order valence-corrected chi connectivity index (χ3v) is 13.3. The van der Waals surface area contributed by atoms with Crippen LogP contribution in [0.3, 0.4) is 0 Å². The third-order valence-electron chi connectivity index (χ3n) is 13.3. The first-order chi connectivity index (χ1) is 38.1. The van der Waals surface area contributed by atoms with Gasteiger partial charge in [-0.2, -0.15) is 0 Å². The van der Waals surface area contributed by atoms with Crippen molar-refractivity contribution in [3.63, 3.8) is 0 Å². The van der Waals surface area contributed by atoms with E-state index in [1.807, 2.05) is 36.4 Å². The third kappa shape index (κ3) is 13.4. The number of hydrogen-bond donors (Lipinski definition) is 3. The van der Waals surface area contributed by atoms with Crippen molar-refractivity contribution >= 4 is 17.7 Å². The first-order valence-corrected chi connectivity index (χ1v) is 25.0. The van der Waals surface area contributed by atoms with E-state index in [-0.39, 0.29) is 56.9 Å². The van der Waals surface area contributed by atoms with Gasteiger partial charge in [-0.15, -0.1) is 0 Å². The molecule has 6 aromatic rings. The van der Waals surface area contributed by atoms with Crippen LogP contribution in [0.1, 0.15) is 50.1 Å². The Hall–Kier alpha value is -8.53. The SMILES string of the molecule is COc1cc2c3cc1OCCOc1cc(F)c(c(F)c1)CNC(=O)CN1CC(=O)NCc4c(F)cc(cc4F)OCCOc4cc(c(cc4OC)C3)Cc3cc(OC)c(cc3C2)OCCOc2cc(F)c(c(F)c2)CNC(=O)C1. The van der Waals surface area contributed by atoms with Gasteiger partial charge in [-0.1, -0.05) is 0 Å². The van der Waals surface area contributed by atoms with E-state index < -0.39 is 109 Å². The van der Waals surface area contributed by atoms with Gasteiger partial charge in [-0.3, -0.25) is 19.3 Å². The number of hydrogen-bond acceptors (Lipinski definition) is 13. The van der Waals surface area contributed by atoms with Gasteiger partial charge in [0.25, 0.3) is 0 Å². The zero-order chi connectivity index (χ0) is 55.7. The van der Waals surface area contributed by atoms with E-state index in [2.05, 4.69) is 16.0 Å². The first kappa shape index (κ1) is 55.2. The van der Waals surface area contributed by atoms with Gasteiger partial charge in [0, 0.05) is 72.7 Å². The Kier molecular flexibility index (Phi) is 17.4. The summed E-state index contributed by atoms with van der Waals surface area (Å²) in [5, 5.41) is 7.07. The summed E-state index contributed by atoms with van der Waals surface area (Å²) in [6.07, 6.45) is 1.05. The van der Waals surface area contributed by atoms with Gasteiger partial charge >= 0.3 is 0 Å². The van der Waals surface area contributed by atoms with E-state index in [9.17, 15) is 14.4 Å². The summed E-state index contributed by atoms with van der Waals surface area (Å²) in [7, 11) is 4.46. The number of ether oxygens (including phenoxy) is 9. The molecule has 0 unspecified atom stereocenters. The number of carbonyl (C=O) groups excluding carboxylic acids is 3. The van der Waals surface area contributed by atoms with E-state index in [1.54, 1.807) is 0 Å². The van der Waals surface area contributed by atoms with Crippen molar-refractivity contribution in [2.24, 2.45) is 0 Å². The van der Waals surface area contributed by atoms with Crippen LogP contribution in [0.2, 0.25) is 0 Å². The molecule has 12 aliphatic heterocycles. The van der Waals surface area contributed by atoms with Crippen LogP contribution in [0, 0.1) is 34.9 Å². The lowest BCUT2D eigenvalue weighted by Crippen LogP contribution is -2.46. The standard InChI is InChI=1S/C57H54F6N4O12/c1-71-49-13-31-10-35-17-53-51(73-3)15-33(35)12-36-18-54-50(72-2)14-32(36)11-34(31)16-52(49)77-7-4-74-37-19-43(58)40(44(59)20-37)25-64-55(68)28-67(29-56(69)65-26-41-45(60)21-38(22-46(41)61)75-5-8-78-53)30-57(70)66-27-42-47(62)23-39(24-48(42)63)76-6-9-79-54/h13-24H,4-12,25-30H2,1-3H3,(H,64,68)(H,65,69)(H,66,70). The van der Waals surface area contributed by atoms with Gasteiger partial charge in [-0.25, -0.2) is 26.3 Å². The fourth-order valence-corrected chi connectivity index (χ4v) is 9.29. The highest BCUT2D eigenvalue weighted by atomic mass is 19.2. The lowest BCUT2D eigenvalue weighted by atomic mass is 9.94. The van der Waals surface area contributed by atoms with Crippen molar-refractivity contribution in [1.29, 1.82) is 0 Å². The second-order valence-corrected chi connectivity index (χ2v) is 18.5. The van der Waals surface area contributed by atoms with E-state index in [4.69, 9.17) is 42.6 Å². The molecular formula is C57H54F6N4O12. The normalized spacial score (nSPS) is 15.8. The predicted molar refractivity (Wildman–Crippen MR) is 271 cm³/mol. The zero-order valence-corrected chi connectivity index (χ0v) is 43.1. The molecule has 416 valence electrons. The van der Waals surface area contributed by atoms with E-state index in [0.29, 0.717) is 53.8 Å². The maximum Gasteiger partial charge on any atom is 0.234 e. The largest absolute Gasteiger partial charge is 0.493 e. The number of rotatable bonds is 3. The smallest absolute Gasteiger partial charge is 0.234 e. The number of benzene rings is 6. The molecule has 1 aliphatic carbocycles. The minimum atomic E-state index is -1.07. The van der Waals surface area contributed by atoms with E-state index in [0.717, 1.165) is 74.7 Å². The van der Waals surface area contributed by atoms with Crippen LogP contribution in [0.25, 0.3) is 0 Å². The Morgan fingerprint density at radius 1 is 0.367 bits per heavy atom. The second-order valence-electron chi connectivity index (χ2n) is 18.5. The fourth-order valence-electron chi connectivity index (χ4n) is 9.29. The van der Waals surface area contributed by atoms with Crippen molar-refractivity contribution in [1.82, 2.24) is 20.9 Å². The minimum Gasteiger partial charge on any atom is -0.493 e. The first-order valence-electron chi connectivity index (χ1n) is 25.0. The van der Waals surface area contributed by atoms with Crippen LogP contribution in [-0.4, -0.2) is 103 Å². The summed E-state index contributed by atoms with van der Waals surface area (Å²) in [6.45, 7) is -5.00. The summed E-state index contributed by atoms with van der Waals surface area (Å²) >= 11 is 0. The quantitative estimate of drug-likeness (QED) is 0.152. The Morgan fingerprint density at radius 3 is 0.861 bits per heavy atom. The Morgan fingerprint density at radius 2 is 0.608 bits per heavy atom. The molecule has 22 heteroatoms. The second kappa shape index (κ2) is 24.9. The highest BCUT2D eigenvalue weighted by molar-refractivity contribution is 5.84. The van der Waals surface area contributed by atoms with Gasteiger partial charge in [0.1, 0.15) is 91.8 Å². The molecule has 16 bridgehead atoms. The molecule has 0 atom stereocenters. The molecule has 0 saturated heterocycles. The molecule has 79 heavy (non-hydrogen) atoms. The molecule has 0 aromatic heterocycles. The van der Waals surface area contributed by atoms with Gasteiger partial charge in [0.05, 0.1) is 41.0 Å². The lowest BCUT2D eigenvalue weighted by Gasteiger charge is -2.21. The van der Waals surface area contributed by atoms with Crippen molar-refractivity contribution < 1.29 is 83.4 Å². The monoisotopic (exact) mass is 1100 g/mol. The fraction of sp³-hybridized carbons (Fsp3) is 0.316. The van der Waals surface area contributed by atoms with Crippen molar-refractivity contribution in [3.8, 4) is 51.7 Å². The molecule has 0 saturated carbocycles. The molecule has 0 spiro atoms. The van der Waals surface area contributed by atoms with Crippen molar-refractivity contribution in [2.75, 3.05) is 80.6 Å². The number of nitrogens with zero attached hydrogens (tertiary/aromatic N) is 1. The average molecular weight is 1100 g/mol. The Balaban J connectivity index is 1.13. The van der Waals surface area contributed by atoms with Crippen molar-refractivity contribution in [2.45, 2.75) is 38.9 Å². The average Bonchev–Trinajstić information content (AvgIpc) is 3.53. The van der Waals surface area contributed by atoms with Gasteiger partial charge in [0.15, 0.2) is 34.5 Å². The van der Waals surface area contributed by atoms with E-state index in [1.165, 1.54) is 21.3 Å². The van der Waals surface area contributed by atoms with Crippen molar-refractivity contribution in [3.05, 3.63) is 158 Å². The molecule has 3 N–H and O–H groups in total. The van der Waals surface area contributed by atoms with Crippen LogP contribution in [-0.2, 0) is 53.3 Å². The molecule has 0 fully saturated rings. The molecule has 6 aromatic carbocycles. The molecule has 19 rings (SSSR count). The highest BCUT2D eigenvalue weighted by Gasteiger charge is 2.26. The van der Waals surface area contributed by atoms with E-state index >= 15 is 26.3 Å². The molecule has 16 nitrogen and oxygen atoms in total. The summed E-state index contributed by atoms with van der Waals surface area (Å²) < 4.78 is 146. The number of methoxy groups -OCH3 is 3. The number of amides is 3. The molecule has 12 heterocycles. The number of nitrogens with one attached hydrogen (secondary N) is 3. The molecular weight excluding hydrogens is 1050 g/mol. The maximum absolute atomic E-state index is 15.5. The number of carbonyl (C=O) groups is 3. The Labute approximate surface area is 449 Å². The van der Waals surface area contributed by atoms with Crippen LogP contribution < -0.4 is 58.6 Å². The summed E-state index contributed by atoms with van der Waals surface area (Å²) in [5.74, 6) is -7.54. The van der Waals surface area contributed by atoms with Gasteiger partial charge in [0.2, 0.25) is 17.7 Å². The van der Waals surface area contributed by atoms with Crippen LogP contribution in [0.4, 0.5) is 26.3 Å². The van der Waals surface area contributed by atoms with Crippen LogP contribution in [0.5, 0.6) is 51.7 Å². The zero-order valence-electron chi connectivity index (χ0n) is 43.1. The predicted octanol–water partition coefficient (Wildman–Crippen LogP) is 7.18. The summed E-state index contributed by atoms with van der Waals surface area (Å²) in [4.78, 5) is 41.0. The Bertz CT molecular complexity index is 2880. The van der Waals surface area contributed by atoms with Gasteiger partial charge in [-0.05, 0) is 89.0 Å². The maximum atomic E-state index is 15.5. The molecule has 3 amide bonds. The summed E-state index contributed by atoms with van der Waals surface area (Å²) in [5.41, 5.74) is 3.38. The lowest BCUT2D eigenvalue weighted by molar-refractivity contribution is -0.127. The summed E-state index contributed by atoms with van der Waals surface area (Å²) in [6, 6.07) is 16.7. The molecule has 13 aliphatic rings.